The van der Waals surface area contributed by atoms with Gasteiger partial charge in [0.1, 0.15) is 5.60 Å². The number of carbonyl (C=O) groups is 3. The van der Waals surface area contributed by atoms with Gasteiger partial charge in [-0.2, -0.15) is 0 Å². The Morgan fingerprint density at radius 3 is 2.07 bits per heavy atom. The molecule has 2 aliphatic heterocycles. The van der Waals surface area contributed by atoms with E-state index >= 15 is 0 Å². The summed E-state index contributed by atoms with van der Waals surface area (Å²) < 4.78 is 10.5. The molecule has 0 N–H and O–H groups in total. The summed E-state index contributed by atoms with van der Waals surface area (Å²) in [6, 6.07) is 17.7. The zero-order valence-corrected chi connectivity index (χ0v) is 27.2. The molecule has 0 unspecified atom stereocenters. The number of benzene rings is 2. The number of nitrogens with zero attached hydrogens (tertiary/aromatic N) is 2. The maximum Gasteiger partial charge on any atom is 0.410 e. The number of methoxy groups -OCH3 is 1. The Labute approximate surface area is 261 Å². The van der Waals surface area contributed by atoms with E-state index in [-0.39, 0.29) is 28.8 Å². The Morgan fingerprint density at radius 2 is 1.48 bits per heavy atom. The molecule has 234 valence electrons. The fraction of sp³-hybridized carbons (Fsp3) is 0.486. The number of ether oxygens (including phenoxy) is 2. The molecule has 1 aliphatic carbocycles. The summed E-state index contributed by atoms with van der Waals surface area (Å²) >= 11 is 0. The molecule has 5 rings (SSSR count). The van der Waals surface area contributed by atoms with E-state index in [1.807, 2.05) is 68.1 Å². The first-order valence-corrected chi connectivity index (χ1v) is 15.6. The van der Waals surface area contributed by atoms with Crippen LogP contribution in [-0.4, -0.2) is 66.7 Å². The van der Waals surface area contributed by atoms with Gasteiger partial charge >= 0.3 is 12.1 Å². The van der Waals surface area contributed by atoms with E-state index in [1.54, 1.807) is 4.90 Å². The van der Waals surface area contributed by atoms with Crippen LogP contribution in [-0.2, 0) is 19.7 Å². The molecular weight excluding hydrogens is 552 g/mol. The number of hydrogen-bond acceptors (Lipinski definition) is 5. The second-order valence-electron chi connectivity index (χ2n) is 14.3. The number of allylic oxidation sites excluding steroid dienone is 2. The van der Waals surface area contributed by atoms with Crippen molar-refractivity contribution in [2.24, 2.45) is 10.8 Å². The highest BCUT2D eigenvalue weighted by atomic mass is 16.6. The van der Waals surface area contributed by atoms with Crippen LogP contribution in [0.3, 0.4) is 0 Å². The molecule has 2 heterocycles. The first-order chi connectivity index (χ1) is 20.7. The monoisotopic (exact) mass is 598 g/mol. The standard InChI is InChI=1S/C37H46N2O5/c1-34(2,3)44-33(42)38-23-20-37(21-24-38,28-11-9-8-10-12-28)32(41)39-22-18-30-35(4,5)29(17-19-36(30,6)25-39)26-13-15-27(16-14-26)31(40)43-7/h8-18H,19-25H2,1-7H3/t36-/m1/s1. The van der Waals surface area contributed by atoms with Gasteiger partial charge in [0.2, 0.25) is 5.91 Å². The minimum Gasteiger partial charge on any atom is -0.465 e. The molecular formula is C37H46N2O5. The van der Waals surface area contributed by atoms with Crippen molar-refractivity contribution in [2.45, 2.75) is 71.8 Å². The molecule has 1 saturated heterocycles. The van der Waals surface area contributed by atoms with Gasteiger partial charge in [0.05, 0.1) is 18.1 Å². The van der Waals surface area contributed by atoms with Crippen molar-refractivity contribution in [3.63, 3.8) is 0 Å². The van der Waals surface area contributed by atoms with E-state index in [2.05, 4.69) is 45.1 Å². The maximum atomic E-state index is 14.7. The molecule has 2 aromatic carbocycles. The average molecular weight is 599 g/mol. The van der Waals surface area contributed by atoms with E-state index < -0.39 is 11.0 Å². The number of esters is 1. The van der Waals surface area contributed by atoms with Gasteiger partial charge in [0, 0.05) is 37.0 Å². The normalized spacial score (nSPS) is 22.7. The lowest BCUT2D eigenvalue weighted by molar-refractivity contribution is -0.140. The summed E-state index contributed by atoms with van der Waals surface area (Å²) in [7, 11) is 1.39. The second-order valence-corrected chi connectivity index (χ2v) is 14.3. The van der Waals surface area contributed by atoms with Crippen LogP contribution in [0, 0.1) is 10.8 Å². The summed E-state index contributed by atoms with van der Waals surface area (Å²) in [6.45, 7) is 14.5. The van der Waals surface area contributed by atoms with Crippen LogP contribution >= 0.6 is 0 Å². The number of fused-ring (bicyclic) bond motifs is 1. The summed E-state index contributed by atoms with van der Waals surface area (Å²) in [5.74, 6) is -0.209. The Kier molecular flexibility index (Phi) is 8.29. The number of piperidine rings is 1. The van der Waals surface area contributed by atoms with E-state index in [4.69, 9.17) is 9.47 Å². The zero-order valence-electron chi connectivity index (χ0n) is 27.2. The number of likely N-dealkylation sites (tertiary alicyclic amines) is 1. The van der Waals surface area contributed by atoms with Crippen molar-refractivity contribution in [2.75, 3.05) is 33.3 Å². The Balaban J connectivity index is 1.39. The number of hydrogen-bond donors (Lipinski definition) is 0. The van der Waals surface area contributed by atoms with Crippen LogP contribution in [0.15, 0.2) is 72.3 Å². The van der Waals surface area contributed by atoms with Gasteiger partial charge in [-0.3, -0.25) is 4.79 Å². The van der Waals surface area contributed by atoms with Gasteiger partial charge in [0.25, 0.3) is 0 Å². The van der Waals surface area contributed by atoms with Crippen LogP contribution in [0.2, 0.25) is 0 Å². The van der Waals surface area contributed by atoms with Gasteiger partial charge in [0.15, 0.2) is 0 Å². The molecule has 2 amide bonds. The highest BCUT2D eigenvalue weighted by Crippen LogP contribution is 2.55. The Bertz CT molecular complexity index is 1470. The average Bonchev–Trinajstić information content (AvgIpc) is 2.99. The minimum atomic E-state index is -0.700. The molecule has 0 bridgehead atoms. The lowest BCUT2D eigenvalue weighted by atomic mass is 9.58. The minimum absolute atomic E-state index is 0.134. The molecule has 0 aromatic heterocycles. The van der Waals surface area contributed by atoms with Crippen LogP contribution in [0.25, 0.3) is 5.57 Å². The molecule has 2 aromatic rings. The molecule has 7 heteroatoms. The van der Waals surface area contributed by atoms with Crippen molar-refractivity contribution >= 4 is 23.5 Å². The van der Waals surface area contributed by atoms with Crippen molar-refractivity contribution in [3.8, 4) is 0 Å². The van der Waals surface area contributed by atoms with Gasteiger partial charge in [-0.05, 0) is 68.9 Å². The number of rotatable bonds is 4. The fourth-order valence-electron chi connectivity index (χ4n) is 7.55. The van der Waals surface area contributed by atoms with Crippen molar-refractivity contribution in [3.05, 3.63) is 89.0 Å². The predicted molar refractivity (Wildman–Crippen MR) is 172 cm³/mol. The smallest absolute Gasteiger partial charge is 0.410 e. The van der Waals surface area contributed by atoms with Crippen LogP contribution in [0.5, 0.6) is 0 Å². The van der Waals surface area contributed by atoms with Crippen molar-refractivity contribution in [1.82, 2.24) is 9.80 Å². The van der Waals surface area contributed by atoms with Gasteiger partial charge in [-0.1, -0.05) is 81.0 Å². The molecule has 1 atom stereocenters. The third-order valence-corrected chi connectivity index (χ3v) is 9.72. The molecule has 1 fully saturated rings. The first-order valence-electron chi connectivity index (χ1n) is 15.6. The van der Waals surface area contributed by atoms with E-state index in [0.29, 0.717) is 44.6 Å². The van der Waals surface area contributed by atoms with Crippen LogP contribution in [0.1, 0.15) is 82.3 Å². The predicted octanol–water partition coefficient (Wildman–Crippen LogP) is 7.03. The largest absolute Gasteiger partial charge is 0.465 e. The van der Waals surface area contributed by atoms with Crippen LogP contribution < -0.4 is 0 Å². The molecule has 44 heavy (non-hydrogen) atoms. The highest BCUT2D eigenvalue weighted by molar-refractivity contribution is 5.91. The lowest BCUT2D eigenvalue weighted by Crippen LogP contribution is -2.57. The summed E-state index contributed by atoms with van der Waals surface area (Å²) in [5.41, 5.74) is 3.48. The molecule has 7 nitrogen and oxygen atoms in total. The third-order valence-electron chi connectivity index (χ3n) is 9.72. The van der Waals surface area contributed by atoms with Crippen molar-refractivity contribution < 1.29 is 23.9 Å². The third kappa shape index (κ3) is 5.81. The first kappa shape index (κ1) is 31.6. The van der Waals surface area contributed by atoms with Gasteiger partial charge < -0.3 is 19.3 Å². The summed E-state index contributed by atoms with van der Waals surface area (Å²) in [4.78, 5) is 43.3. The molecule has 3 aliphatic rings. The second kappa shape index (κ2) is 11.6. The van der Waals surface area contributed by atoms with Gasteiger partial charge in [-0.25, -0.2) is 9.59 Å². The van der Waals surface area contributed by atoms with Crippen molar-refractivity contribution in [1.29, 1.82) is 0 Å². The van der Waals surface area contributed by atoms with E-state index in [1.165, 1.54) is 18.3 Å². The number of amides is 2. The summed E-state index contributed by atoms with van der Waals surface area (Å²) in [5, 5.41) is 0. The fourth-order valence-corrected chi connectivity index (χ4v) is 7.55. The number of carbonyl (C=O) groups excluding carboxylic acids is 3. The lowest BCUT2D eigenvalue weighted by Gasteiger charge is -2.52. The Hall–Kier alpha value is -3.87. The van der Waals surface area contributed by atoms with Gasteiger partial charge in [-0.15, -0.1) is 0 Å². The van der Waals surface area contributed by atoms with Crippen LogP contribution in [0.4, 0.5) is 4.79 Å². The maximum absolute atomic E-state index is 14.7. The molecule has 0 radical (unpaired) electrons. The Morgan fingerprint density at radius 1 is 0.841 bits per heavy atom. The quantitative estimate of drug-likeness (QED) is 0.279. The molecule has 0 spiro atoms. The van der Waals surface area contributed by atoms with E-state index in [0.717, 1.165) is 17.5 Å². The topological polar surface area (TPSA) is 76.2 Å². The highest BCUT2D eigenvalue weighted by Gasteiger charge is 2.51. The zero-order chi connectivity index (χ0) is 31.9. The van der Waals surface area contributed by atoms with E-state index in [9.17, 15) is 14.4 Å². The summed E-state index contributed by atoms with van der Waals surface area (Å²) in [6.07, 6.45) is 6.17. The SMILES string of the molecule is COC(=O)c1ccc(C2=CC[C@]3(C)CN(C(=O)C4(c5ccccc5)CCN(C(=O)OC(C)(C)C)CC4)CC=C3C2(C)C)cc1. The molecule has 0 saturated carbocycles.